The van der Waals surface area contributed by atoms with Gasteiger partial charge in [0.2, 0.25) is 5.88 Å². The van der Waals surface area contributed by atoms with Crippen LogP contribution < -0.4 is 20.5 Å². The van der Waals surface area contributed by atoms with Gasteiger partial charge in [-0.1, -0.05) is 18.2 Å². The van der Waals surface area contributed by atoms with E-state index in [4.69, 9.17) is 10.5 Å². The summed E-state index contributed by atoms with van der Waals surface area (Å²) < 4.78 is 46.6. The van der Waals surface area contributed by atoms with Crippen molar-refractivity contribution in [3.63, 3.8) is 0 Å². The summed E-state index contributed by atoms with van der Waals surface area (Å²) in [5, 5.41) is 2.60. The number of aliphatic imine (C=N–C) groups is 1. The molecule has 0 fully saturated rings. The molecule has 0 saturated carbocycles. The molecule has 0 saturated heterocycles. The maximum atomic E-state index is 12.4. The smallest absolute Gasteiger partial charge is 0.478 e. The van der Waals surface area contributed by atoms with E-state index >= 15 is 0 Å². The first-order chi connectivity index (χ1) is 11.9. The fourth-order valence-corrected chi connectivity index (χ4v) is 1.94. The van der Waals surface area contributed by atoms with Crippen molar-refractivity contribution in [2.24, 2.45) is 10.7 Å². The highest BCUT2D eigenvalue weighted by Crippen LogP contribution is 2.29. The maximum Gasteiger partial charge on any atom is 0.573 e. The maximum absolute atomic E-state index is 12.4. The van der Waals surface area contributed by atoms with Crippen molar-refractivity contribution < 1.29 is 22.6 Å². The number of hydrogen-bond donors (Lipinski definition) is 2. The number of hydrogen-bond acceptors (Lipinski definition) is 4. The lowest BCUT2D eigenvalue weighted by Crippen LogP contribution is -2.24. The van der Waals surface area contributed by atoms with Crippen molar-refractivity contribution in [1.29, 1.82) is 0 Å². The average molecular weight is 354 g/mol. The molecule has 0 bridgehead atoms. The Morgan fingerprint density at radius 3 is 2.72 bits per heavy atom. The van der Waals surface area contributed by atoms with Crippen LogP contribution in [0.5, 0.6) is 11.6 Å². The van der Waals surface area contributed by atoms with Gasteiger partial charge in [0, 0.05) is 11.8 Å². The zero-order valence-corrected chi connectivity index (χ0v) is 13.4. The van der Waals surface area contributed by atoms with Crippen LogP contribution in [0.3, 0.4) is 0 Å². The van der Waals surface area contributed by atoms with Crippen LogP contribution in [-0.2, 0) is 6.54 Å². The van der Waals surface area contributed by atoms with Crippen LogP contribution in [-0.4, -0.2) is 23.9 Å². The predicted octanol–water partition coefficient (Wildman–Crippen LogP) is 3.31. The number of aromatic nitrogens is 1. The van der Waals surface area contributed by atoms with E-state index in [1.54, 1.807) is 24.4 Å². The number of nitrogens with zero attached hydrogens (tertiary/aromatic N) is 2. The Bertz CT molecular complexity index is 735. The minimum Gasteiger partial charge on any atom is -0.478 e. The van der Waals surface area contributed by atoms with Crippen molar-refractivity contribution in [2.45, 2.75) is 19.8 Å². The quantitative estimate of drug-likeness (QED) is 0.614. The molecular weight excluding hydrogens is 337 g/mol. The van der Waals surface area contributed by atoms with E-state index in [0.717, 1.165) is 0 Å². The molecule has 6 nitrogen and oxygen atoms in total. The van der Waals surface area contributed by atoms with Gasteiger partial charge in [-0.05, 0) is 25.1 Å². The molecule has 0 atom stereocenters. The van der Waals surface area contributed by atoms with Gasteiger partial charge in [0.05, 0.1) is 18.8 Å². The molecule has 1 heterocycles. The van der Waals surface area contributed by atoms with Crippen molar-refractivity contribution in [3.05, 3.63) is 48.2 Å². The molecule has 3 N–H and O–H groups in total. The zero-order chi connectivity index (χ0) is 18.3. The second-order valence-corrected chi connectivity index (χ2v) is 4.77. The Morgan fingerprint density at radius 1 is 1.24 bits per heavy atom. The van der Waals surface area contributed by atoms with E-state index in [-0.39, 0.29) is 18.2 Å². The summed E-state index contributed by atoms with van der Waals surface area (Å²) >= 11 is 0. The highest BCUT2D eigenvalue weighted by atomic mass is 19.4. The van der Waals surface area contributed by atoms with E-state index in [2.05, 4.69) is 20.0 Å². The number of para-hydroxylation sites is 2. The van der Waals surface area contributed by atoms with E-state index in [1.165, 1.54) is 18.2 Å². The standard InChI is InChI=1S/C16H17F3N4O2/c1-2-24-14-11(6-5-9-21-14)10-22-15(20)23-12-7-3-4-8-13(12)25-16(17,18)19/h3-9H,2,10H2,1H3,(H3,20,22,23). The van der Waals surface area contributed by atoms with Crippen molar-refractivity contribution >= 4 is 11.6 Å². The molecule has 134 valence electrons. The van der Waals surface area contributed by atoms with Gasteiger partial charge in [-0.2, -0.15) is 0 Å². The SMILES string of the molecule is CCOc1ncccc1CN=C(N)Nc1ccccc1OC(F)(F)F. The molecule has 0 aliphatic rings. The van der Waals surface area contributed by atoms with E-state index in [9.17, 15) is 13.2 Å². The molecule has 0 spiro atoms. The van der Waals surface area contributed by atoms with Gasteiger partial charge in [-0.3, -0.25) is 0 Å². The normalized spacial score (nSPS) is 11.9. The Labute approximate surface area is 142 Å². The number of rotatable bonds is 6. The molecule has 0 aliphatic carbocycles. The molecule has 1 aromatic carbocycles. The summed E-state index contributed by atoms with van der Waals surface area (Å²) in [7, 11) is 0. The molecule has 2 rings (SSSR count). The third-order valence-corrected chi connectivity index (χ3v) is 2.93. The molecule has 0 amide bonds. The monoisotopic (exact) mass is 354 g/mol. The largest absolute Gasteiger partial charge is 0.573 e. The third-order valence-electron chi connectivity index (χ3n) is 2.93. The molecule has 1 aromatic heterocycles. The number of ether oxygens (including phenoxy) is 2. The second-order valence-electron chi connectivity index (χ2n) is 4.77. The van der Waals surface area contributed by atoms with Crippen LogP contribution in [0.2, 0.25) is 0 Å². The summed E-state index contributed by atoms with van der Waals surface area (Å²) in [6.07, 6.45) is -3.21. The minimum absolute atomic E-state index is 0.0530. The van der Waals surface area contributed by atoms with Crippen LogP contribution in [0.4, 0.5) is 18.9 Å². The predicted molar refractivity (Wildman–Crippen MR) is 87.5 cm³/mol. The Kier molecular flexibility index (Phi) is 6.04. The van der Waals surface area contributed by atoms with Crippen LogP contribution in [0.1, 0.15) is 12.5 Å². The summed E-state index contributed by atoms with van der Waals surface area (Å²) in [5.41, 5.74) is 6.51. The highest BCUT2D eigenvalue weighted by molar-refractivity contribution is 5.93. The first-order valence-electron chi connectivity index (χ1n) is 7.37. The number of nitrogens with two attached hydrogens (primary N) is 1. The Balaban J connectivity index is 2.10. The number of alkyl halides is 3. The van der Waals surface area contributed by atoms with Gasteiger partial charge in [-0.25, -0.2) is 9.98 Å². The van der Waals surface area contributed by atoms with Gasteiger partial charge < -0.3 is 20.5 Å². The first kappa shape index (κ1) is 18.4. The van der Waals surface area contributed by atoms with Crippen molar-refractivity contribution in [1.82, 2.24) is 4.98 Å². The second kappa shape index (κ2) is 8.22. The zero-order valence-electron chi connectivity index (χ0n) is 13.4. The lowest BCUT2D eigenvalue weighted by atomic mass is 10.3. The fourth-order valence-electron chi connectivity index (χ4n) is 1.94. The van der Waals surface area contributed by atoms with Crippen LogP contribution in [0, 0.1) is 0 Å². The average Bonchev–Trinajstić information content (AvgIpc) is 2.55. The number of anilines is 1. The molecular formula is C16H17F3N4O2. The van der Waals surface area contributed by atoms with E-state index in [0.29, 0.717) is 18.1 Å². The van der Waals surface area contributed by atoms with E-state index < -0.39 is 12.1 Å². The summed E-state index contributed by atoms with van der Waals surface area (Å²) in [4.78, 5) is 8.18. The number of nitrogens with one attached hydrogen (secondary N) is 1. The topological polar surface area (TPSA) is 81.8 Å². The molecule has 25 heavy (non-hydrogen) atoms. The molecule has 0 radical (unpaired) electrons. The van der Waals surface area contributed by atoms with E-state index in [1.807, 2.05) is 6.92 Å². The fraction of sp³-hybridized carbons (Fsp3) is 0.250. The van der Waals surface area contributed by atoms with Gasteiger partial charge in [-0.15, -0.1) is 13.2 Å². The van der Waals surface area contributed by atoms with Crippen LogP contribution in [0.25, 0.3) is 0 Å². The Hall–Kier alpha value is -2.97. The number of halogens is 3. The van der Waals surface area contributed by atoms with Gasteiger partial charge in [0.1, 0.15) is 0 Å². The molecule has 2 aromatic rings. The molecule has 0 unspecified atom stereocenters. The number of benzene rings is 1. The molecule has 9 heteroatoms. The van der Waals surface area contributed by atoms with Crippen LogP contribution >= 0.6 is 0 Å². The van der Waals surface area contributed by atoms with Crippen LogP contribution in [0.15, 0.2) is 47.6 Å². The third kappa shape index (κ3) is 5.87. The summed E-state index contributed by atoms with van der Waals surface area (Å²) in [6, 6.07) is 9.05. The highest BCUT2D eigenvalue weighted by Gasteiger charge is 2.32. The Morgan fingerprint density at radius 2 is 2.00 bits per heavy atom. The number of guanidine groups is 1. The number of pyridine rings is 1. The van der Waals surface area contributed by atoms with Gasteiger partial charge >= 0.3 is 6.36 Å². The lowest BCUT2D eigenvalue weighted by molar-refractivity contribution is -0.274. The van der Waals surface area contributed by atoms with Crippen molar-refractivity contribution in [3.8, 4) is 11.6 Å². The minimum atomic E-state index is -4.80. The van der Waals surface area contributed by atoms with Crippen molar-refractivity contribution in [2.75, 3.05) is 11.9 Å². The molecule has 0 aliphatic heterocycles. The van der Waals surface area contributed by atoms with Gasteiger partial charge in [0.15, 0.2) is 11.7 Å². The first-order valence-corrected chi connectivity index (χ1v) is 7.37. The summed E-state index contributed by atoms with van der Waals surface area (Å²) in [6.45, 7) is 2.43. The van der Waals surface area contributed by atoms with Gasteiger partial charge in [0.25, 0.3) is 0 Å². The summed E-state index contributed by atoms with van der Waals surface area (Å²) in [5.74, 6) is -0.0311. The lowest BCUT2D eigenvalue weighted by Gasteiger charge is -2.14.